The molecule has 0 aliphatic carbocycles. The van der Waals surface area contributed by atoms with Crippen LogP contribution >= 0.6 is 0 Å². The van der Waals surface area contributed by atoms with E-state index in [1.54, 1.807) is 0 Å². The van der Waals surface area contributed by atoms with Gasteiger partial charge in [0.15, 0.2) is 0 Å². The Bertz CT molecular complexity index is 415. The smallest absolute Gasteiger partial charge is 0.417 e. The maximum absolute atomic E-state index is 12.7. The Morgan fingerprint density at radius 1 is 1.44 bits per heavy atom. The minimum Gasteiger partial charge on any atom is -0.480 e. The van der Waals surface area contributed by atoms with Crippen LogP contribution in [0, 0.1) is 6.92 Å². The Morgan fingerprint density at radius 2 is 2.00 bits per heavy atom. The Balaban J connectivity index is 3.40. The number of carboxylic acids is 1. The Morgan fingerprint density at radius 3 is 2.44 bits per heavy atom. The molecule has 16 heavy (non-hydrogen) atoms. The number of hydrogen-bond acceptors (Lipinski definition) is 2. The molecule has 0 saturated heterocycles. The van der Waals surface area contributed by atoms with Crippen molar-refractivity contribution in [3.05, 3.63) is 34.9 Å². The second-order valence-corrected chi connectivity index (χ2v) is 3.35. The molecule has 6 heteroatoms. The predicted octanol–water partition coefficient (Wildman–Crippen LogP) is 2.10. The van der Waals surface area contributed by atoms with Gasteiger partial charge in [-0.3, -0.25) is 4.79 Å². The van der Waals surface area contributed by atoms with E-state index in [9.17, 15) is 18.0 Å². The fourth-order valence-electron chi connectivity index (χ4n) is 1.47. The van der Waals surface area contributed by atoms with Crippen LogP contribution in [0.5, 0.6) is 0 Å². The average molecular weight is 233 g/mol. The lowest BCUT2D eigenvalue weighted by Crippen LogP contribution is -2.25. The lowest BCUT2D eigenvalue weighted by Gasteiger charge is -2.17. The molecule has 0 aliphatic rings. The minimum absolute atomic E-state index is 0.0401. The van der Waals surface area contributed by atoms with Crippen molar-refractivity contribution in [2.75, 3.05) is 0 Å². The topological polar surface area (TPSA) is 63.3 Å². The molecule has 1 aromatic carbocycles. The van der Waals surface area contributed by atoms with E-state index in [-0.39, 0.29) is 5.56 Å². The Hall–Kier alpha value is -1.56. The molecule has 0 amide bonds. The van der Waals surface area contributed by atoms with Crippen molar-refractivity contribution in [1.82, 2.24) is 0 Å². The van der Waals surface area contributed by atoms with Crippen molar-refractivity contribution in [2.24, 2.45) is 5.73 Å². The van der Waals surface area contributed by atoms with Gasteiger partial charge in [0.2, 0.25) is 0 Å². The molecule has 0 aliphatic heterocycles. The highest BCUT2D eigenvalue weighted by Gasteiger charge is 2.37. The van der Waals surface area contributed by atoms with Gasteiger partial charge in [-0.05, 0) is 18.1 Å². The molecule has 0 aromatic heterocycles. The highest BCUT2D eigenvalue weighted by atomic mass is 19.4. The highest BCUT2D eigenvalue weighted by Crippen LogP contribution is 2.36. The molecule has 0 spiro atoms. The summed E-state index contributed by atoms with van der Waals surface area (Å²) < 4.78 is 38.1. The van der Waals surface area contributed by atoms with Crippen LogP contribution in [-0.4, -0.2) is 11.1 Å². The monoisotopic (exact) mass is 233 g/mol. The quantitative estimate of drug-likeness (QED) is 0.822. The summed E-state index contributed by atoms with van der Waals surface area (Å²) in [5, 5.41) is 8.62. The summed E-state index contributed by atoms with van der Waals surface area (Å²) in [6, 6.07) is 2.02. The second kappa shape index (κ2) is 4.13. The van der Waals surface area contributed by atoms with Gasteiger partial charge < -0.3 is 10.8 Å². The fraction of sp³-hybridized carbons (Fsp3) is 0.300. The van der Waals surface area contributed by atoms with E-state index in [2.05, 4.69) is 0 Å². The number of hydrogen-bond donors (Lipinski definition) is 2. The van der Waals surface area contributed by atoms with Crippen LogP contribution < -0.4 is 5.73 Å². The minimum atomic E-state index is -4.60. The van der Waals surface area contributed by atoms with Crippen molar-refractivity contribution in [3.63, 3.8) is 0 Å². The Labute approximate surface area is 89.7 Å². The highest BCUT2D eigenvalue weighted by molar-refractivity contribution is 5.76. The van der Waals surface area contributed by atoms with E-state index < -0.39 is 29.3 Å². The summed E-state index contributed by atoms with van der Waals surface area (Å²) >= 11 is 0. The standard InChI is InChI=1S/C10H10F3NO2/c1-5-3-2-4-6(8(14)9(15)16)7(5)10(11,12)13/h2-4,8H,14H2,1H3,(H,15,16)/t8-/m1/s1. The van der Waals surface area contributed by atoms with E-state index in [4.69, 9.17) is 10.8 Å². The molecule has 1 rings (SSSR count). The van der Waals surface area contributed by atoms with Crippen LogP contribution in [0.1, 0.15) is 22.7 Å². The third-order valence-electron chi connectivity index (χ3n) is 2.19. The van der Waals surface area contributed by atoms with E-state index in [0.29, 0.717) is 0 Å². The third-order valence-corrected chi connectivity index (χ3v) is 2.19. The van der Waals surface area contributed by atoms with E-state index in [1.165, 1.54) is 19.1 Å². The molecule has 0 unspecified atom stereocenters. The van der Waals surface area contributed by atoms with Crippen LogP contribution in [0.3, 0.4) is 0 Å². The first-order valence-corrected chi connectivity index (χ1v) is 4.40. The lowest BCUT2D eigenvalue weighted by atomic mass is 9.96. The normalized spacial score (nSPS) is 13.6. The Kier molecular flexibility index (Phi) is 3.23. The molecular weight excluding hydrogens is 223 g/mol. The van der Waals surface area contributed by atoms with Crippen molar-refractivity contribution in [3.8, 4) is 0 Å². The van der Waals surface area contributed by atoms with Crippen molar-refractivity contribution in [1.29, 1.82) is 0 Å². The summed E-state index contributed by atoms with van der Waals surface area (Å²) in [5.41, 5.74) is 3.78. The number of carbonyl (C=O) groups is 1. The van der Waals surface area contributed by atoms with Gasteiger partial charge in [-0.15, -0.1) is 0 Å². The van der Waals surface area contributed by atoms with Crippen LogP contribution in [0.2, 0.25) is 0 Å². The number of aryl methyl sites for hydroxylation is 1. The van der Waals surface area contributed by atoms with E-state index >= 15 is 0 Å². The molecule has 0 radical (unpaired) electrons. The lowest BCUT2D eigenvalue weighted by molar-refractivity contribution is -0.141. The van der Waals surface area contributed by atoms with Gasteiger partial charge >= 0.3 is 12.1 Å². The number of rotatable bonds is 2. The molecule has 0 bridgehead atoms. The molecule has 1 aromatic rings. The van der Waals surface area contributed by atoms with Gasteiger partial charge in [0.25, 0.3) is 0 Å². The fourth-order valence-corrected chi connectivity index (χ4v) is 1.47. The summed E-state index contributed by atoms with van der Waals surface area (Å²) in [6.07, 6.45) is -4.60. The van der Waals surface area contributed by atoms with Crippen LogP contribution in [0.25, 0.3) is 0 Å². The number of alkyl halides is 3. The van der Waals surface area contributed by atoms with Crippen LogP contribution in [0.15, 0.2) is 18.2 Å². The zero-order chi connectivity index (χ0) is 12.5. The average Bonchev–Trinajstić information content (AvgIpc) is 2.14. The molecule has 0 heterocycles. The van der Waals surface area contributed by atoms with Gasteiger partial charge in [0.05, 0.1) is 5.56 Å². The number of halogens is 3. The largest absolute Gasteiger partial charge is 0.480 e. The zero-order valence-electron chi connectivity index (χ0n) is 8.38. The van der Waals surface area contributed by atoms with E-state index in [0.717, 1.165) is 6.07 Å². The molecule has 3 nitrogen and oxygen atoms in total. The van der Waals surface area contributed by atoms with Crippen LogP contribution in [-0.2, 0) is 11.0 Å². The molecule has 88 valence electrons. The predicted molar refractivity (Wildman–Crippen MR) is 50.7 cm³/mol. The van der Waals surface area contributed by atoms with Crippen molar-refractivity contribution >= 4 is 5.97 Å². The molecular formula is C10H10F3NO2. The first-order chi connectivity index (χ1) is 7.25. The molecule has 3 N–H and O–H groups in total. The molecule has 0 saturated carbocycles. The van der Waals surface area contributed by atoms with Crippen molar-refractivity contribution < 1.29 is 23.1 Å². The van der Waals surface area contributed by atoms with Gasteiger partial charge in [0.1, 0.15) is 6.04 Å². The van der Waals surface area contributed by atoms with Crippen LogP contribution in [0.4, 0.5) is 13.2 Å². The number of nitrogens with two attached hydrogens (primary N) is 1. The summed E-state index contributed by atoms with van der Waals surface area (Å²) in [5.74, 6) is -1.49. The van der Waals surface area contributed by atoms with Crippen molar-refractivity contribution in [2.45, 2.75) is 19.1 Å². The number of carboxylic acid groups (broad SMARTS) is 1. The first-order valence-electron chi connectivity index (χ1n) is 4.40. The van der Waals surface area contributed by atoms with E-state index in [1.807, 2.05) is 0 Å². The van der Waals surface area contributed by atoms with Gasteiger partial charge in [-0.2, -0.15) is 13.2 Å². The number of aliphatic carboxylic acids is 1. The second-order valence-electron chi connectivity index (χ2n) is 3.35. The molecule has 0 fully saturated rings. The van der Waals surface area contributed by atoms with Gasteiger partial charge in [-0.25, -0.2) is 0 Å². The summed E-state index contributed by atoms with van der Waals surface area (Å²) in [6.45, 7) is 1.26. The maximum atomic E-state index is 12.7. The number of benzene rings is 1. The summed E-state index contributed by atoms with van der Waals surface area (Å²) in [4.78, 5) is 10.6. The maximum Gasteiger partial charge on any atom is 0.417 e. The van der Waals surface area contributed by atoms with Gasteiger partial charge in [-0.1, -0.05) is 18.2 Å². The molecule has 1 atom stereocenters. The van der Waals surface area contributed by atoms with Gasteiger partial charge in [0, 0.05) is 0 Å². The SMILES string of the molecule is Cc1cccc([C@@H](N)C(=O)O)c1C(F)(F)F. The third kappa shape index (κ3) is 2.33. The first kappa shape index (κ1) is 12.5. The zero-order valence-corrected chi connectivity index (χ0v) is 8.38. The summed E-state index contributed by atoms with van der Waals surface area (Å²) in [7, 11) is 0.